The minimum Gasteiger partial charge on any atom is -0.462 e. The molecule has 1 aromatic rings. The number of sulfone groups is 1. The van der Waals surface area contributed by atoms with Crippen molar-refractivity contribution in [2.45, 2.75) is 32.7 Å². The molecule has 0 aliphatic carbocycles. The number of para-hydroxylation sites is 1. The monoisotopic (exact) mass is 396 g/mol. The third-order valence-electron chi connectivity index (χ3n) is 4.33. The maximum atomic E-state index is 12.3. The molecular weight excluding hydrogens is 372 g/mol. The van der Waals surface area contributed by atoms with Gasteiger partial charge in [0.05, 0.1) is 29.4 Å². The van der Waals surface area contributed by atoms with Gasteiger partial charge in [0, 0.05) is 25.9 Å². The molecule has 27 heavy (non-hydrogen) atoms. The molecule has 1 unspecified atom stereocenters. The number of hydrogen-bond acceptors (Lipinski definition) is 6. The Balaban J connectivity index is 1.99. The van der Waals surface area contributed by atoms with Gasteiger partial charge in [0.2, 0.25) is 11.8 Å². The lowest BCUT2D eigenvalue weighted by molar-refractivity contribution is -0.131. The van der Waals surface area contributed by atoms with E-state index in [1.165, 1.54) is 11.8 Å². The molecule has 1 aliphatic heterocycles. The highest BCUT2D eigenvalue weighted by molar-refractivity contribution is 7.91. The summed E-state index contributed by atoms with van der Waals surface area (Å²) in [5.74, 6) is -1.19. The lowest BCUT2D eigenvalue weighted by Gasteiger charge is -2.26. The number of nitrogens with zero attached hydrogens (tertiary/aromatic N) is 1. The number of hydrogen-bond donors (Lipinski definition) is 1. The third kappa shape index (κ3) is 5.78. The Morgan fingerprint density at radius 2 is 1.96 bits per heavy atom. The van der Waals surface area contributed by atoms with E-state index < -0.39 is 21.8 Å². The van der Waals surface area contributed by atoms with Gasteiger partial charge in [0.1, 0.15) is 0 Å². The molecule has 2 amide bonds. The highest BCUT2D eigenvalue weighted by Gasteiger charge is 2.33. The maximum absolute atomic E-state index is 12.3. The number of carbonyl (C=O) groups excluding carboxylic acids is 3. The molecule has 0 saturated carbocycles. The smallest absolute Gasteiger partial charge is 0.340 e. The van der Waals surface area contributed by atoms with E-state index in [1.54, 1.807) is 31.2 Å². The molecule has 1 fully saturated rings. The Kier molecular flexibility index (Phi) is 6.95. The van der Waals surface area contributed by atoms with Crippen molar-refractivity contribution < 1.29 is 27.5 Å². The Morgan fingerprint density at radius 3 is 2.56 bits per heavy atom. The second kappa shape index (κ2) is 8.98. The first-order valence-corrected chi connectivity index (χ1v) is 10.6. The van der Waals surface area contributed by atoms with Crippen LogP contribution in [0.3, 0.4) is 0 Å². The van der Waals surface area contributed by atoms with Gasteiger partial charge in [-0.25, -0.2) is 13.2 Å². The first-order valence-electron chi connectivity index (χ1n) is 8.77. The van der Waals surface area contributed by atoms with E-state index in [2.05, 4.69) is 5.32 Å². The fourth-order valence-corrected chi connectivity index (χ4v) is 4.76. The summed E-state index contributed by atoms with van der Waals surface area (Å²) in [6, 6.07) is 6.10. The number of ether oxygens (including phenoxy) is 1. The minimum atomic E-state index is -3.13. The second-order valence-corrected chi connectivity index (χ2v) is 8.56. The summed E-state index contributed by atoms with van der Waals surface area (Å²) < 4.78 is 28.2. The van der Waals surface area contributed by atoms with Crippen LogP contribution in [-0.4, -0.2) is 61.8 Å². The third-order valence-corrected chi connectivity index (χ3v) is 6.08. The zero-order valence-corrected chi connectivity index (χ0v) is 16.3. The summed E-state index contributed by atoms with van der Waals surface area (Å²) in [7, 11) is -3.13. The van der Waals surface area contributed by atoms with Crippen LogP contribution in [0.5, 0.6) is 0 Å². The Labute approximate surface area is 158 Å². The molecule has 1 atom stereocenters. The molecule has 1 aliphatic rings. The van der Waals surface area contributed by atoms with Crippen molar-refractivity contribution in [3.05, 3.63) is 29.8 Å². The molecule has 8 nitrogen and oxygen atoms in total. The number of benzene rings is 1. The van der Waals surface area contributed by atoms with Crippen molar-refractivity contribution in [2.75, 3.05) is 30.0 Å². The zero-order valence-electron chi connectivity index (χ0n) is 15.4. The van der Waals surface area contributed by atoms with Gasteiger partial charge in [-0.1, -0.05) is 12.1 Å². The van der Waals surface area contributed by atoms with Crippen LogP contribution in [0.15, 0.2) is 24.3 Å². The topological polar surface area (TPSA) is 110 Å². The number of amides is 2. The standard InChI is InChI=1S/C18H24N2O6S/c1-3-26-18(23)15-6-4-5-7-16(15)19-17(22)8-10-20(13(2)21)14-9-11-27(24,25)12-14/h4-7,14H,3,8-12H2,1-2H3,(H,19,22). The van der Waals surface area contributed by atoms with E-state index in [0.717, 1.165) is 0 Å². The van der Waals surface area contributed by atoms with Crippen LogP contribution in [0.4, 0.5) is 5.69 Å². The number of rotatable bonds is 7. The molecule has 1 aromatic carbocycles. The van der Waals surface area contributed by atoms with Crippen LogP contribution in [0.2, 0.25) is 0 Å². The molecule has 148 valence electrons. The number of carbonyl (C=O) groups is 3. The van der Waals surface area contributed by atoms with Gasteiger partial charge in [-0.3, -0.25) is 9.59 Å². The van der Waals surface area contributed by atoms with Crippen molar-refractivity contribution in [2.24, 2.45) is 0 Å². The Bertz CT molecular complexity index is 821. The molecule has 2 rings (SSSR count). The lowest BCUT2D eigenvalue weighted by Crippen LogP contribution is -2.41. The van der Waals surface area contributed by atoms with Crippen molar-refractivity contribution in [1.82, 2.24) is 4.90 Å². The molecular formula is C18H24N2O6S. The van der Waals surface area contributed by atoms with Gasteiger partial charge in [-0.15, -0.1) is 0 Å². The van der Waals surface area contributed by atoms with Gasteiger partial charge < -0.3 is 15.0 Å². The second-order valence-electron chi connectivity index (χ2n) is 6.33. The van der Waals surface area contributed by atoms with Crippen molar-refractivity contribution >= 4 is 33.3 Å². The number of anilines is 1. The fourth-order valence-electron chi connectivity index (χ4n) is 3.03. The van der Waals surface area contributed by atoms with E-state index >= 15 is 0 Å². The minimum absolute atomic E-state index is 0.00666. The maximum Gasteiger partial charge on any atom is 0.340 e. The molecule has 0 aromatic heterocycles. The molecule has 0 radical (unpaired) electrons. The van der Waals surface area contributed by atoms with E-state index in [4.69, 9.17) is 4.74 Å². The average molecular weight is 396 g/mol. The molecule has 1 saturated heterocycles. The molecule has 1 N–H and O–H groups in total. The average Bonchev–Trinajstić information content (AvgIpc) is 2.95. The highest BCUT2D eigenvalue weighted by Crippen LogP contribution is 2.19. The highest BCUT2D eigenvalue weighted by atomic mass is 32.2. The first-order chi connectivity index (χ1) is 12.7. The molecule has 0 bridgehead atoms. The van der Waals surface area contributed by atoms with Gasteiger partial charge in [-0.05, 0) is 25.5 Å². The quantitative estimate of drug-likeness (QED) is 0.694. The number of esters is 1. The summed E-state index contributed by atoms with van der Waals surface area (Å²) in [5, 5.41) is 2.65. The van der Waals surface area contributed by atoms with Gasteiger partial charge in [-0.2, -0.15) is 0 Å². The van der Waals surface area contributed by atoms with E-state index in [9.17, 15) is 22.8 Å². The van der Waals surface area contributed by atoms with Crippen LogP contribution in [0, 0.1) is 0 Å². The van der Waals surface area contributed by atoms with Crippen LogP contribution < -0.4 is 5.32 Å². The summed E-state index contributed by atoms with van der Waals surface area (Å²) >= 11 is 0. The predicted molar refractivity (Wildman–Crippen MR) is 100 cm³/mol. The largest absolute Gasteiger partial charge is 0.462 e. The van der Waals surface area contributed by atoms with Crippen LogP contribution in [0.1, 0.15) is 37.0 Å². The van der Waals surface area contributed by atoms with Crippen molar-refractivity contribution in [3.63, 3.8) is 0 Å². The molecule has 0 spiro atoms. The first kappa shape index (κ1) is 20.9. The van der Waals surface area contributed by atoms with Crippen molar-refractivity contribution in [1.29, 1.82) is 0 Å². The summed E-state index contributed by atoms with van der Waals surface area (Å²) in [6.45, 7) is 3.39. The summed E-state index contributed by atoms with van der Waals surface area (Å²) in [5.41, 5.74) is 0.580. The van der Waals surface area contributed by atoms with Gasteiger partial charge in [0.15, 0.2) is 9.84 Å². The summed E-state index contributed by atoms with van der Waals surface area (Å²) in [6.07, 6.45) is 0.377. The van der Waals surface area contributed by atoms with E-state index in [0.29, 0.717) is 12.1 Å². The van der Waals surface area contributed by atoms with Crippen LogP contribution in [0.25, 0.3) is 0 Å². The normalized spacial score (nSPS) is 17.9. The van der Waals surface area contributed by atoms with Gasteiger partial charge >= 0.3 is 5.97 Å². The lowest BCUT2D eigenvalue weighted by atomic mass is 10.1. The van der Waals surface area contributed by atoms with Crippen molar-refractivity contribution in [3.8, 4) is 0 Å². The Morgan fingerprint density at radius 1 is 1.26 bits per heavy atom. The van der Waals surface area contributed by atoms with E-state index in [-0.39, 0.29) is 48.5 Å². The van der Waals surface area contributed by atoms with E-state index in [1.807, 2.05) is 0 Å². The zero-order chi connectivity index (χ0) is 20.0. The SMILES string of the molecule is CCOC(=O)c1ccccc1NC(=O)CCN(C(C)=O)C1CCS(=O)(=O)C1. The van der Waals surface area contributed by atoms with Crippen LogP contribution in [-0.2, 0) is 24.2 Å². The summed E-state index contributed by atoms with van der Waals surface area (Å²) in [4.78, 5) is 37.5. The predicted octanol–water partition coefficient (Wildman–Crippen LogP) is 1.23. The molecule has 9 heteroatoms. The van der Waals surface area contributed by atoms with Gasteiger partial charge in [0.25, 0.3) is 0 Å². The Hall–Kier alpha value is -2.42. The van der Waals surface area contributed by atoms with Crippen LogP contribution >= 0.6 is 0 Å². The number of nitrogens with one attached hydrogen (secondary N) is 1. The fraction of sp³-hybridized carbons (Fsp3) is 0.500. The molecule has 1 heterocycles.